The molecule has 0 fully saturated rings. The van der Waals surface area contributed by atoms with Crippen LogP contribution in [0.3, 0.4) is 0 Å². The third-order valence-electron chi connectivity index (χ3n) is 3.85. The number of carbonyl (C=O) groups excluding carboxylic acids is 2. The largest absolute Gasteiger partial charge is 0.370 e. The van der Waals surface area contributed by atoms with Crippen LogP contribution >= 0.6 is 0 Å². The highest BCUT2D eigenvalue weighted by Gasteiger charge is 2.52. The number of hydrogen-bond donors (Lipinski definition) is 1. The molecule has 3 rings (SSSR count). The van der Waals surface area contributed by atoms with E-state index in [4.69, 9.17) is 0 Å². The Labute approximate surface area is 116 Å². The summed E-state index contributed by atoms with van der Waals surface area (Å²) in [6.45, 7) is 2.02. The van der Waals surface area contributed by atoms with Crippen molar-refractivity contribution in [2.45, 2.75) is 18.9 Å². The summed E-state index contributed by atoms with van der Waals surface area (Å²) in [5.74, 6) is -1.08. The highest BCUT2D eigenvalue weighted by molar-refractivity contribution is 6.31. The molecule has 1 aliphatic rings. The lowest BCUT2D eigenvalue weighted by Gasteiger charge is -2.19. The minimum atomic E-state index is -2.07. The summed E-state index contributed by atoms with van der Waals surface area (Å²) >= 11 is 0. The summed E-state index contributed by atoms with van der Waals surface area (Å²) in [5.41, 5.74) is -0.0662. The number of hydrogen-bond acceptors (Lipinski definition) is 3. The predicted molar refractivity (Wildman–Crippen MR) is 74.8 cm³/mol. The van der Waals surface area contributed by atoms with Crippen molar-refractivity contribution in [2.24, 2.45) is 0 Å². The minimum Gasteiger partial charge on any atom is -0.370 e. The van der Waals surface area contributed by atoms with Crippen LogP contribution in [0.1, 0.15) is 38.8 Å². The van der Waals surface area contributed by atoms with Crippen molar-refractivity contribution in [3.63, 3.8) is 0 Å². The SMILES string of the molecule is CCc1ccc(C2(O)C(=O)c3ccccc3C2=O)cc1. The molecule has 0 bridgehead atoms. The number of benzene rings is 2. The first-order valence-electron chi connectivity index (χ1n) is 6.59. The van der Waals surface area contributed by atoms with Crippen molar-refractivity contribution in [3.05, 3.63) is 70.8 Å². The van der Waals surface area contributed by atoms with E-state index in [0.717, 1.165) is 12.0 Å². The van der Waals surface area contributed by atoms with Crippen LogP contribution in [0.5, 0.6) is 0 Å². The number of aliphatic hydroxyl groups is 1. The number of ketones is 2. The van der Waals surface area contributed by atoms with Crippen LogP contribution in [0.2, 0.25) is 0 Å². The first kappa shape index (κ1) is 12.8. The summed E-state index contributed by atoms with van der Waals surface area (Å²) in [4.78, 5) is 24.8. The molecule has 3 nitrogen and oxygen atoms in total. The highest BCUT2D eigenvalue weighted by Crippen LogP contribution is 2.37. The van der Waals surface area contributed by atoms with E-state index >= 15 is 0 Å². The lowest BCUT2D eigenvalue weighted by Crippen LogP contribution is -2.38. The summed E-state index contributed by atoms with van der Waals surface area (Å²) in [5, 5.41) is 10.7. The fourth-order valence-electron chi connectivity index (χ4n) is 2.62. The summed E-state index contributed by atoms with van der Waals surface area (Å²) < 4.78 is 0. The van der Waals surface area contributed by atoms with Gasteiger partial charge in [0, 0.05) is 11.1 Å². The third kappa shape index (κ3) is 1.57. The number of fused-ring (bicyclic) bond motifs is 1. The topological polar surface area (TPSA) is 54.4 Å². The molecule has 1 aliphatic carbocycles. The van der Waals surface area contributed by atoms with Crippen LogP contribution in [0.4, 0.5) is 0 Å². The summed E-state index contributed by atoms with van der Waals surface area (Å²) in [6, 6.07) is 13.5. The molecule has 0 amide bonds. The molecule has 0 saturated heterocycles. The lowest BCUT2D eigenvalue weighted by atomic mass is 9.88. The molecule has 0 radical (unpaired) electrons. The molecule has 20 heavy (non-hydrogen) atoms. The Kier molecular flexibility index (Phi) is 2.80. The second-order valence-electron chi connectivity index (χ2n) is 4.96. The van der Waals surface area contributed by atoms with Gasteiger partial charge in [0.15, 0.2) is 0 Å². The Hall–Kier alpha value is -2.26. The van der Waals surface area contributed by atoms with Crippen LogP contribution in [-0.2, 0) is 12.0 Å². The van der Waals surface area contributed by atoms with Crippen molar-refractivity contribution in [1.82, 2.24) is 0 Å². The van der Waals surface area contributed by atoms with Crippen molar-refractivity contribution in [2.75, 3.05) is 0 Å². The molecule has 2 aromatic rings. The van der Waals surface area contributed by atoms with Gasteiger partial charge in [-0.25, -0.2) is 0 Å². The van der Waals surface area contributed by atoms with Gasteiger partial charge in [-0.05, 0) is 17.5 Å². The molecular formula is C17H14O3. The standard InChI is InChI=1S/C17H14O3/c1-2-11-7-9-12(10-8-11)17(20)15(18)13-5-3-4-6-14(13)16(17)19/h3-10,20H,2H2,1H3. The third-order valence-corrected chi connectivity index (χ3v) is 3.85. The van der Waals surface area contributed by atoms with E-state index < -0.39 is 17.2 Å². The van der Waals surface area contributed by atoms with Gasteiger partial charge in [-0.1, -0.05) is 55.5 Å². The first-order valence-corrected chi connectivity index (χ1v) is 6.59. The average molecular weight is 266 g/mol. The molecule has 0 atom stereocenters. The number of rotatable bonds is 2. The molecule has 0 heterocycles. The number of carbonyl (C=O) groups is 2. The quantitative estimate of drug-likeness (QED) is 0.850. The van der Waals surface area contributed by atoms with Crippen molar-refractivity contribution in [1.29, 1.82) is 0 Å². The molecule has 0 spiro atoms. The number of aryl methyl sites for hydroxylation is 1. The lowest BCUT2D eigenvalue weighted by molar-refractivity contribution is 0.0321. The molecule has 3 heteroatoms. The summed E-state index contributed by atoms with van der Waals surface area (Å²) in [7, 11) is 0. The zero-order valence-corrected chi connectivity index (χ0v) is 11.1. The van der Waals surface area contributed by atoms with E-state index in [9.17, 15) is 14.7 Å². The van der Waals surface area contributed by atoms with Crippen molar-refractivity contribution in [3.8, 4) is 0 Å². The maximum Gasteiger partial charge on any atom is 0.216 e. The van der Waals surface area contributed by atoms with E-state index in [1.54, 1.807) is 36.4 Å². The van der Waals surface area contributed by atoms with E-state index in [1.165, 1.54) is 0 Å². The van der Waals surface area contributed by atoms with Gasteiger partial charge >= 0.3 is 0 Å². The Bertz CT molecular complexity index is 663. The smallest absolute Gasteiger partial charge is 0.216 e. The molecule has 0 unspecified atom stereocenters. The summed E-state index contributed by atoms with van der Waals surface area (Å²) in [6.07, 6.45) is 0.862. The van der Waals surface area contributed by atoms with Crippen molar-refractivity contribution >= 4 is 11.6 Å². The van der Waals surface area contributed by atoms with E-state index in [0.29, 0.717) is 16.7 Å². The Morgan fingerprint density at radius 2 is 1.40 bits per heavy atom. The van der Waals surface area contributed by atoms with Crippen LogP contribution in [-0.4, -0.2) is 16.7 Å². The van der Waals surface area contributed by atoms with Gasteiger partial charge in [0.2, 0.25) is 17.2 Å². The maximum absolute atomic E-state index is 12.4. The van der Waals surface area contributed by atoms with Crippen LogP contribution in [0, 0.1) is 0 Å². The maximum atomic E-state index is 12.4. The normalized spacial score (nSPS) is 16.3. The van der Waals surface area contributed by atoms with Gasteiger partial charge in [0.05, 0.1) is 0 Å². The average Bonchev–Trinajstić information content (AvgIpc) is 2.71. The second kappa shape index (κ2) is 4.39. The number of Topliss-reactive ketones (excluding diaryl/α,β-unsaturated/α-hetero) is 2. The minimum absolute atomic E-state index is 0.291. The van der Waals surface area contributed by atoms with E-state index in [2.05, 4.69) is 0 Å². The van der Waals surface area contributed by atoms with Crippen LogP contribution in [0.15, 0.2) is 48.5 Å². The zero-order chi connectivity index (χ0) is 14.3. The molecule has 100 valence electrons. The van der Waals surface area contributed by atoms with E-state index in [1.807, 2.05) is 19.1 Å². The fraction of sp³-hybridized carbons (Fsp3) is 0.176. The second-order valence-corrected chi connectivity index (χ2v) is 4.96. The van der Waals surface area contributed by atoms with Crippen LogP contribution < -0.4 is 0 Å². The van der Waals surface area contributed by atoms with Gasteiger partial charge in [0.1, 0.15) is 0 Å². The first-order chi connectivity index (χ1) is 9.59. The van der Waals surface area contributed by atoms with Gasteiger partial charge in [0.25, 0.3) is 0 Å². The van der Waals surface area contributed by atoms with Gasteiger partial charge in [-0.15, -0.1) is 0 Å². The van der Waals surface area contributed by atoms with Crippen molar-refractivity contribution < 1.29 is 14.7 Å². The Morgan fingerprint density at radius 3 is 1.85 bits per heavy atom. The highest BCUT2D eigenvalue weighted by atomic mass is 16.3. The Morgan fingerprint density at radius 1 is 0.900 bits per heavy atom. The Balaban J connectivity index is 2.13. The van der Waals surface area contributed by atoms with Gasteiger partial charge in [-0.2, -0.15) is 0 Å². The molecule has 0 aromatic heterocycles. The molecular weight excluding hydrogens is 252 g/mol. The monoisotopic (exact) mass is 266 g/mol. The van der Waals surface area contributed by atoms with Gasteiger partial charge in [-0.3, -0.25) is 9.59 Å². The predicted octanol–water partition coefficient (Wildman–Crippen LogP) is 2.52. The zero-order valence-electron chi connectivity index (χ0n) is 11.1. The fourth-order valence-corrected chi connectivity index (χ4v) is 2.62. The molecule has 2 aromatic carbocycles. The molecule has 0 saturated carbocycles. The molecule has 0 aliphatic heterocycles. The van der Waals surface area contributed by atoms with Crippen LogP contribution in [0.25, 0.3) is 0 Å². The molecule has 1 N–H and O–H groups in total. The van der Waals surface area contributed by atoms with Gasteiger partial charge < -0.3 is 5.11 Å². The van der Waals surface area contributed by atoms with E-state index in [-0.39, 0.29) is 0 Å².